The van der Waals surface area contributed by atoms with Crippen LogP contribution >= 0.6 is 11.6 Å². The first-order valence-corrected chi connectivity index (χ1v) is 8.21. The molecule has 1 amide bonds. The molecule has 0 bridgehead atoms. The first-order valence-electron chi connectivity index (χ1n) is 7.83. The SMILES string of the molecule is CC1(C)CN(c2ccc(Cl)cc2)CCN1C(=O)c1ocnc1C(F)F. The van der Waals surface area contributed by atoms with Crippen LogP contribution in [-0.4, -0.2) is 41.0 Å². The normalized spacial score (nSPS) is 17.2. The predicted octanol–water partition coefficient (Wildman–Crippen LogP) is 4.01. The summed E-state index contributed by atoms with van der Waals surface area (Å²) in [5.41, 5.74) is -0.181. The lowest BCUT2D eigenvalue weighted by atomic mass is 9.97. The van der Waals surface area contributed by atoms with Gasteiger partial charge in [0, 0.05) is 30.3 Å². The minimum absolute atomic E-state index is 0.386. The Balaban J connectivity index is 1.80. The highest BCUT2D eigenvalue weighted by Crippen LogP contribution is 2.30. The highest BCUT2D eigenvalue weighted by atomic mass is 35.5. The second kappa shape index (κ2) is 6.63. The van der Waals surface area contributed by atoms with Crippen LogP contribution in [-0.2, 0) is 0 Å². The molecule has 0 saturated carbocycles. The molecule has 1 aliphatic rings. The number of benzene rings is 1. The van der Waals surface area contributed by atoms with E-state index < -0.39 is 23.6 Å². The number of piperazine rings is 1. The van der Waals surface area contributed by atoms with Gasteiger partial charge in [-0.15, -0.1) is 0 Å². The largest absolute Gasteiger partial charge is 0.438 e. The average molecular weight is 370 g/mol. The van der Waals surface area contributed by atoms with E-state index in [1.165, 1.54) is 0 Å². The van der Waals surface area contributed by atoms with Gasteiger partial charge in [0.15, 0.2) is 12.1 Å². The van der Waals surface area contributed by atoms with Crippen LogP contribution in [0.1, 0.15) is 36.5 Å². The molecule has 25 heavy (non-hydrogen) atoms. The van der Waals surface area contributed by atoms with Crippen molar-refractivity contribution in [2.24, 2.45) is 0 Å². The molecule has 2 heterocycles. The Hall–Kier alpha value is -2.15. The maximum absolute atomic E-state index is 13.0. The van der Waals surface area contributed by atoms with Gasteiger partial charge in [-0.2, -0.15) is 0 Å². The lowest BCUT2D eigenvalue weighted by Gasteiger charge is -2.47. The Labute approximate surface area is 149 Å². The summed E-state index contributed by atoms with van der Waals surface area (Å²) in [6.07, 6.45) is -1.97. The molecule has 1 fully saturated rings. The van der Waals surface area contributed by atoms with Crippen molar-refractivity contribution in [1.82, 2.24) is 9.88 Å². The molecule has 134 valence electrons. The van der Waals surface area contributed by atoms with Gasteiger partial charge in [0.1, 0.15) is 0 Å². The smallest absolute Gasteiger partial charge is 0.292 e. The van der Waals surface area contributed by atoms with Gasteiger partial charge in [-0.3, -0.25) is 4.79 Å². The fraction of sp³-hybridized carbons (Fsp3) is 0.412. The number of carbonyl (C=O) groups is 1. The number of carbonyl (C=O) groups excluding carboxylic acids is 1. The van der Waals surface area contributed by atoms with E-state index in [-0.39, 0.29) is 5.76 Å². The molecule has 0 unspecified atom stereocenters. The summed E-state index contributed by atoms with van der Waals surface area (Å²) in [4.78, 5) is 19.9. The minimum atomic E-state index is -2.85. The number of hydrogen-bond donors (Lipinski definition) is 0. The summed E-state index contributed by atoms with van der Waals surface area (Å²) >= 11 is 5.92. The van der Waals surface area contributed by atoms with Crippen LogP contribution in [0.25, 0.3) is 0 Å². The van der Waals surface area contributed by atoms with E-state index in [1.54, 1.807) is 4.90 Å². The standard InChI is InChI=1S/C17H18ClF2N3O2/c1-17(2)9-22(12-5-3-11(18)4-6-12)7-8-23(17)16(24)14-13(15(19)20)21-10-25-14/h3-6,10,15H,7-9H2,1-2H3. The third kappa shape index (κ3) is 3.46. The topological polar surface area (TPSA) is 49.6 Å². The zero-order valence-electron chi connectivity index (χ0n) is 13.9. The molecule has 1 aliphatic heterocycles. The van der Waals surface area contributed by atoms with E-state index in [4.69, 9.17) is 16.0 Å². The molecule has 0 spiro atoms. The Morgan fingerprint density at radius 3 is 2.56 bits per heavy atom. The molecule has 3 rings (SSSR count). The van der Waals surface area contributed by atoms with Crippen molar-refractivity contribution >= 4 is 23.2 Å². The molecule has 0 N–H and O–H groups in total. The van der Waals surface area contributed by atoms with E-state index in [9.17, 15) is 13.6 Å². The number of hydrogen-bond acceptors (Lipinski definition) is 4. The van der Waals surface area contributed by atoms with E-state index >= 15 is 0 Å². The summed E-state index contributed by atoms with van der Waals surface area (Å²) < 4.78 is 30.9. The van der Waals surface area contributed by atoms with Crippen molar-refractivity contribution < 1.29 is 18.0 Å². The number of oxazole rings is 1. The summed E-state index contributed by atoms with van der Waals surface area (Å²) in [5, 5.41) is 0.654. The number of anilines is 1. The summed E-state index contributed by atoms with van der Waals surface area (Å²) in [7, 11) is 0. The molecular weight excluding hydrogens is 352 g/mol. The van der Waals surface area contributed by atoms with Crippen LogP contribution < -0.4 is 4.90 Å². The fourth-order valence-corrected chi connectivity index (χ4v) is 3.22. The summed E-state index contributed by atoms with van der Waals surface area (Å²) in [6.45, 7) is 5.31. The van der Waals surface area contributed by atoms with Crippen molar-refractivity contribution in [3.63, 3.8) is 0 Å². The molecule has 8 heteroatoms. The number of aromatic nitrogens is 1. The van der Waals surface area contributed by atoms with Gasteiger partial charge in [-0.05, 0) is 38.1 Å². The van der Waals surface area contributed by atoms with Gasteiger partial charge in [0.05, 0.1) is 5.54 Å². The number of rotatable bonds is 3. The quantitative estimate of drug-likeness (QED) is 0.820. The van der Waals surface area contributed by atoms with Crippen LogP contribution in [0.3, 0.4) is 0 Å². The summed E-state index contributed by atoms with van der Waals surface area (Å²) in [6, 6.07) is 7.46. The molecular formula is C17H18ClF2N3O2. The van der Waals surface area contributed by atoms with Crippen molar-refractivity contribution in [3.05, 3.63) is 47.1 Å². The molecule has 0 aliphatic carbocycles. The van der Waals surface area contributed by atoms with Crippen molar-refractivity contribution in [2.45, 2.75) is 25.8 Å². The molecule has 2 aromatic rings. The Morgan fingerprint density at radius 2 is 1.96 bits per heavy atom. The third-order valence-corrected chi connectivity index (χ3v) is 4.59. The fourth-order valence-electron chi connectivity index (χ4n) is 3.10. The van der Waals surface area contributed by atoms with Crippen molar-refractivity contribution in [1.29, 1.82) is 0 Å². The Morgan fingerprint density at radius 1 is 1.28 bits per heavy atom. The molecule has 1 saturated heterocycles. The highest BCUT2D eigenvalue weighted by molar-refractivity contribution is 6.30. The van der Waals surface area contributed by atoms with Crippen molar-refractivity contribution in [3.8, 4) is 0 Å². The maximum Gasteiger partial charge on any atom is 0.292 e. The molecule has 1 aromatic carbocycles. The second-order valence-corrected chi connectivity index (χ2v) is 6.97. The first kappa shape index (κ1) is 17.7. The van der Waals surface area contributed by atoms with Crippen LogP contribution in [0.15, 0.2) is 35.1 Å². The Bertz CT molecular complexity index is 762. The van der Waals surface area contributed by atoms with Crippen molar-refractivity contribution in [2.75, 3.05) is 24.5 Å². The van der Waals surface area contributed by atoms with Gasteiger partial charge in [-0.25, -0.2) is 13.8 Å². The van der Waals surface area contributed by atoms with E-state index in [0.717, 1.165) is 12.1 Å². The van der Waals surface area contributed by atoms with Crippen LogP contribution in [0.4, 0.5) is 14.5 Å². The average Bonchev–Trinajstić information content (AvgIpc) is 3.04. The second-order valence-electron chi connectivity index (χ2n) is 6.53. The first-order chi connectivity index (χ1) is 11.8. The monoisotopic (exact) mass is 369 g/mol. The van der Waals surface area contributed by atoms with E-state index in [1.807, 2.05) is 38.1 Å². The number of halogens is 3. The lowest BCUT2D eigenvalue weighted by Crippen LogP contribution is -2.61. The molecule has 5 nitrogen and oxygen atoms in total. The summed E-state index contributed by atoms with van der Waals surface area (Å²) in [5.74, 6) is -0.948. The van der Waals surface area contributed by atoms with Gasteiger partial charge in [0.25, 0.3) is 12.3 Å². The zero-order valence-corrected chi connectivity index (χ0v) is 14.6. The zero-order chi connectivity index (χ0) is 18.2. The number of alkyl halides is 2. The number of nitrogens with zero attached hydrogens (tertiary/aromatic N) is 3. The Kier molecular flexibility index (Phi) is 4.69. The number of amides is 1. The predicted molar refractivity (Wildman–Crippen MR) is 90.2 cm³/mol. The van der Waals surface area contributed by atoms with Gasteiger partial charge in [-0.1, -0.05) is 11.6 Å². The van der Waals surface area contributed by atoms with E-state index in [2.05, 4.69) is 9.88 Å². The lowest BCUT2D eigenvalue weighted by molar-refractivity contribution is 0.0469. The molecule has 0 radical (unpaired) electrons. The van der Waals surface area contributed by atoms with Crippen LogP contribution in [0.2, 0.25) is 5.02 Å². The van der Waals surface area contributed by atoms with Gasteiger partial charge >= 0.3 is 0 Å². The van der Waals surface area contributed by atoms with Gasteiger partial charge in [0.2, 0.25) is 5.76 Å². The van der Waals surface area contributed by atoms with Gasteiger partial charge < -0.3 is 14.2 Å². The van der Waals surface area contributed by atoms with Crippen LogP contribution in [0, 0.1) is 0 Å². The molecule has 1 aromatic heterocycles. The minimum Gasteiger partial charge on any atom is -0.438 e. The van der Waals surface area contributed by atoms with E-state index in [0.29, 0.717) is 24.7 Å². The maximum atomic E-state index is 13.0. The molecule has 0 atom stereocenters. The highest BCUT2D eigenvalue weighted by Gasteiger charge is 2.40. The van der Waals surface area contributed by atoms with Crippen LogP contribution in [0.5, 0.6) is 0 Å². The third-order valence-electron chi connectivity index (χ3n) is 4.33.